The molecule has 0 atom stereocenters. The van der Waals surface area contributed by atoms with Crippen molar-refractivity contribution in [2.75, 3.05) is 6.54 Å². The molecule has 0 radical (unpaired) electrons. The molecule has 0 aromatic carbocycles. The molecule has 0 N–H and O–H groups in total. The van der Waals surface area contributed by atoms with E-state index < -0.39 is 0 Å². The lowest BCUT2D eigenvalue weighted by molar-refractivity contribution is -0.122. The van der Waals surface area contributed by atoms with Crippen molar-refractivity contribution in [3.8, 4) is 0 Å². The second-order valence-corrected chi connectivity index (χ2v) is 6.21. The summed E-state index contributed by atoms with van der Waals surface area (Å²) in [5.41, 5.74) is 3.30. The Bertz CT molecular complexity index is 599. The first kappa shape index (κ1) is 14.9. The number of carbonyl (C=O) groups is 2. The first-order valence-electron chi connectivity index (χ1n) is 6.80. The highest BCUT2D eigenvalue weighted by molar-refractivity contribution is 8.18. The smallest absolute Gasteiger partial charge is 0.293 e. The van der Waals surface area contributed by atoms with Gasteiger partial charge in [-0.3, -0.25) is 14.5 Å². The number of aromatic nitrogens is 1. The molecule has 1 aromatic heterocycles. The third kappa shape index (κ3) is 2.42. The lowest BCUT2D eigenvalue weighted by Crippen LogP contribution is -2.27. The number of carbonyl (C=O) groups excluding carboxylic acids is 2. The Kier molecular flexibility index (Phi) is 4.09. The van der Waals surface area contributed by atoms with Crippen molar-refractivity contribution in [2.24, 2.45) is 0 Å². The molecule has 2 amide bonds. The lowest BCUT2D eigenvalue weighted by Gasteiger charge is -2.13. The Morgan fingerprint density at radius 1 is 1.30 bits per heavy atom. The zero-order valence-electron chi connectivity index (χ0n) is 12.6. The third-order valence-corrected chi connectivity index (χ3v) is 4.42. The number of nitrogens with zero attached hydrogens (tertiary/aromatic N) is 2. The van der Waals surface area contributed by atoms with E-state index in [1.54, 1.807) is 0 Å². The Labute approximate surface area is 123 Å². The summed E-state index contributed by atoms with van der Waals surface area (Å²) in [6.45, 7) is 10.6. The molecular formula is C15H20N2O2S. The van der Waals surface area contributed by atoms with Crippen LogP contribution in [0.2, 0.25) is 0 Å². The summed E-state index contributed by atoms with van der Waals surface area (Å²) >= 11 is 1.02. The van der Waals surface area contributed by atoms with Gasteiger partial charge in [-0.25, -0.2) is 0 Å². The first-order valence-corrected chi connectivity index (χ1v) is 7.62. The monoisotopic (exact) mass is 292 g/mol. The summed E-state index contributed by atoms with van der Waals surface area (Å²) in [6.07, 6.45) is 1.84. The highest BCUT2D eigenvalue weighted by Crippen LogP contribution is 2.33. The van der Waals surface area contributed by atoms with E-state index in [0.717, 1.165) is 23.0 Å². The van der Waals surface area contributed by atoms with Crippen LogP contribution in [0.5, 0.6) is 0 Å². The molecule has 1 aromatic rings. The molecule has 2 heterocycles. The van der Waals surface area contributed by atoms with Crippen LogP contribution in [0.1, 0.15) is 43.8 Å². The normalized spacial score (nSPS) is 17.9. The summed E-state index contributed by atoms with van der Waals surface area (Å²) in [7, 11) is 0. The minimum Gasteiger partial charge on any atom is -0.346 e. The number of hydrogen-bond acceptors (Lipinski definition) is 3. The number of thioether (sulfide) groups is 1. The van der Waals surface area contributed by atoms with E-state index in [-0.39, 0.29) is 11.1 Å². The Morgan fingerprint density at radius 2 is 1.95 bits per heavy atom. The molecule has 0 bridgehead atoms. The van der Waals surface area contributed by atoms with Gasteiger partial charge in [-0.2, -0.15) is 0 Å². The second-order valence-electron chi connectivity index (χ2n) is 5.22. The number of aryl methyl sites for hydroxylation is 1. The number of amides is 2. The molecule has 1 aliphatic heterocycles. The topological polar surface area (TPSA) is 42.3 Å². The summed E-state index contributed by atoms with van der Waals surface area (Å²) in [5, 5.41) is -0.179. The van der Waals surface area contributed by atoms with Crippen LogP contribution in [-0.4, -0.2) is 27.2 Å². The van der Waals surface area contributed by atoms with Crippen molar-refractivity contribution in [1.82, 2.24) is 9.47 Å². The van der Waals surface area contributed by atoms with E-state index in [9.17, 15) is 9.59 Å². The SMILES string of the molecule is CCN1C(=O)S/C(=C/c2cc(C)n(C(C)C)c2C)C1=O. The summed E-state index contributed by atoms with van der Waals surface area (Å²) < 4.78 is 2.23. The van der Waals surface area contributed by atoms with Gasteiger partial charge in [0.2, 0.25) is 0 Å². The largest absolute Gasteiger partial charge is 0.346 e. The standard InChI is InChI=1S/C15H20N2O2S/c1-6-16-14(18)13(20-15(16)19)8-12-7-10(4)17(9(2)3)11(12)5/h7-9H,6H2,1-5H3/b13-8+. The molecule has 4 nitrogen and oxygen atoms in total. The van der Waals surface area contributed by atoms with Gasteiger partial charge in [0.25, 0.3) is 11.1 Å². The fraction of sp³-hybridized carbons (Fsp3) is 0.467. The van der Waals surface area contributed by atoms with Crippen LogP contribution >= 0.6 is 11.8 Å². The highest BCUT2D eigenvalue weighted by Gasteiger charge is 2.33. The fourth-order valence-corrected chi connectivity index (χ4v) is 3.55. The van der Waals surface area contributed by atoms with Crippen molar-refractivity contribution >= 4 is 29.0 Å². The van der Waals surface area contributed by atoms with E-state index >= 15 is 0 Å². The van der Waals surface area contributed by atoms with E-state index in [1.165, 1.54) is 10.6 Å². The van der Waals surface area contributed by atoms with Crippen LogP contribution in [-0.2, 0) is 4.79 Å². The Balaban J connectivity index is 2.40. The van der Waals surface area contributed by atoms with Gasteiger partial charge in [0, 0.05) is 24.0 Å². The van der Waals surface area contributed by atoms with Crippen LogP contribution in [0, 0.1) is 13.8 Å². The first-order chi connectivity index (χ1) is 9.36. The zero-order chi connectivity index (χ0) is 15.0. The number of hydrogen-bond donors (Lipinski definition) is 0. The van der Waals surface area contributed by atoms with Gasteiger partial charge in [-0.1, -0.05) is 0 Å². The van der Waals surface area contributed by atoms with Crippen molar-refractivity contribution in [3.05, 3.63) is 27.9 Å². The summed E-state index contributed by atoms with van der Waals surface area (Å²) in [6, 6.07) is 2.44. The maximum Gasteiger partial charge on any atom is 0.293 e. The zero-order valence-corrected chi connectivity index (χ0v) is 13.4. The fourth-order valence-electron chi connectivity index (χ4n) is 2.66. The number of likely N-dealkylation sites (N-methyl/N-ethyl adjacent to an activating group) is 1. The van der Waals surface area contributed by atoms with E-state index in [1.807, 2.05) is 19.9 Å². The minimum atomic E-state index is -0.183. The minimum absolute atomic E-state index is 0.179. The summed E-state index contributed by atoms with van der Waals surface area (Å²) in [4.78, 5) is 25.6. The van der Waals surface area contributed by atoms with Gasteiger partial charge in [0.1, 0.15) is 0 Å². The van der Waals surface area contributed by atoms with Crippen molar-refractivity contribution in [3.63, 3.8) is 0 Å². The molecule has 108 valence electrons. The molecule has 20 heavy (non-hydrogen) atoms. The third-order valence-electron chi connectivity index (χ3n) is 3.52. The average Bonchev–Trinajstić information content (AvgIpc) is 2.78. The van der Waals surface area contributed by atoms with Gasteiger partial charge in [-0.05, 0) is 64.1 Å². The molecule has 0 saturated carbocycles. The van der Waals surface area contributed by atoms with E-state index in [2.05, 4.69) is 31.4 Å². The van der Waals surface area contributed by atoms with Crippen molar-refractivity contribution < 1.29 is 9.59 Å². The molecule has 0 aliphatic carbocycles. The Hall–Kier alpha value is -1.49. The average molecular weight is 292 g/mol. The van der Waals surface area contributed by atoms with Crippen molar-refractivity contribution in [2.45, 2.75) is 40.7 Å². The summed E-state index contributed by atoms with van der Waals surface area (Å²) in [5.74, 6) is -0.183. The van der Waals surface area contributed by atoms with Gasteiger partial charge in [-0.15, -0.1) is 0 Å². The van der Waals surface area contributed by atoms with E-state index in [0.29, 0.717) is 17.5 Å². The van der Waals surface area contributed by atoms with E-state index in [4.69, 9.17) is 0 Å². The molecular weight excluding hydrogens is 272 g/mol. The van der Waals surface area contributed by atoms with Crippen LogP contribution in [0.3, 0.4) is 0 Å². The van der Waals surface area contributed by atoms with Crippen LogP contribution in [0.4, 0.5) is 4.79 Å². The number of rotatable bonds is 3. The van der Waals surface area contributed by atoms with Crippen LogP contribution < -0.4 is 0 Å². The van der Waals surface area contributed by atoms with Gasteiger partial charge in [0.05, 0.1) is 4.91 Å². The predicted octanol–water partition coefficient (Wildman–Crippen LogP) is 3.74. The highest BCUT2D eigenvalue weighted by atomic mass is 32.2. The predicted molar refractivity (Wildman–Crippen MR) is 82.6 cm³/mol. The number of imide groups is 1. The molecule has 1 fully saturated rings. The van der Waals surface area contributed by atoms with Gasteiger partial charge in [0.15, 0.2) is 0 Å². The quantitative estimate of drug-likeness (QED) is 0.797. The molecule has 0 unspecified atom stereocenters. The van der Waals surface area contributed by atoms with Crippen LogP contribution in [0.15, 0.2) is 11.0 Å². The molecule has 5 heteroatoms. The van der Waals surface area contributed by atoms with Gasteiger partial charge >= 0.3 is 0 Å². The second kappa shape index (κ2) is 5.48. The molecule has 2 rings (SSSR count). The maximum atomic E-state index is 12.1. The maximum absolute atomic E-state index is 12.1. The molecule has 0 spiro atoms. The van der Waals surface area contributed by atoms with Gasteiger partial charge < -0.3 is 4.57 Å². The molecule has 1 aliphatic rings. The lowest BCUT2D eigenvalue weighted by atomic mass is 10.2. The van der Waals surface area contributed by atoms with Crippen LogP contribution in [0.25, 0.3) is 6.08 Å². The molecule has 1 saturated heterocycles. The Morgan fingerprint density at radius 3 is 2.40 bits per heavy atom. The van der Waals surface area contributed by atoms with Crippen molar-refractivity contribution in [1.29, 1.82) is 0 Å².